The van der Waals surface area contributed by atoms with E-state index in [1.165, 1.54) is 12.1 Å². The summed E-state index contributed by atoms with van der Waals surface area (Å²) >= 11 is 3.31. The molecule has 0 unspecified atom stereocenters. The van der Waals surface area contributed by atoms with Gasteiger partial charge in [0.1, 0.15) is 11.6 Å². The van der Waals surface area contributed by atoms with E-state index >= 15 is 0 Å². The third-order valence-electron chi connectivity index (χ3n) is 2.36. The largest absolute Gasteiger partial charge is 0.437 e. The molecule has 2 aromatic rings. The van der Waals surface area contributed by atoms with Crippen LogP contribution in [-0.2, 0) is 0 Å². The smallest absolute Gasteiger partial charge is 0.227 e. The number of aryl methyl sites for hydroxylation is 1. The fourth-order valence-electron chi connectivity index (χ4n) is 1.43. The Kier molecular flexibility index (Phi) is 4.31. The highest BCUT2D eigenvalue weighted by Crippen LogP contribution is 2.31. The Hall–Kier alpha value is -1.69. The summed E-state index contributed by atoms with van der Waals surface area (Å²) in [5.41, 5.74) is 0.776. The molecule has 0 aliphatic rings. The third kappa shape index (κ3) is 3.41. The molecule has 19 heavy (non-hydrogen) atoms. The summed E-state index contributed by atoms with van der Waals surface area (Å²) < 4.78 is 19.5. The van der Waals surface area contributed by atoms with Crippen molar-refractivity contribution in [2.45, 2.75) is 13.8 Å². The van der Waals surface area contributed by atoms with Gasteiger partial charge in [0, 0.05) is 24.4 Å². The SMILES string of the molecule is CCNc1ncc(C)c(Oc2cc(F)ccc2Br)n1. The van der Waals surface area contributed by atoms with E-state index in [0.29, 0.717) is 28.6 Å². The van der Waals surface area contributed by atoms with Crippen LogP contribution in [0.25, 0.3) is 0 Å². The molecule has 1 N–H and O–H groups in total. The van der Waals surface area contributed by atoms with E-state index in [-0.39, 0.29) is 5.82 Å². The molecular formula is C13H13BrFN3O. The van der Waals surface area contributed by atoms with Crippen molar-refractivity contribution >= 4 is 21.9 Å². The second-order valence-electron chi connectivity index (χ2n) is 3.89. The fraction of sp³-hybridized carbons (Fsp3) is 0.231. The van der Waals surface area contributed by atoms with Crippen LogP contribution in [0.5, 0.6) is 11.6 Å². The molecule has 0 aliphatic carbocycles. The number of anilines is 1. The van der Waals surface area contributed by atoms with Crippen molar-refractivity contribution in [3.63, 3.8) is 0 Å². The molecule has 1 heterocycles. The van der Waals surface area contributed by atoms with Gasteiger partial charge in [0.05, 0.1) is 4.47 Å². The van der Waals surface area contributed by atoms with Gasteiger partial charge in [-0.2, -0.15) is 4.98 Å². The number of nitrogens with one attached hydrogen (secondary N) is 1. The predicted octanol–water partition coefficient (Wildman–Crippen LogP) is 3.91. The van der Waals surface area contributed by atoms with E-state index in [2.05, 4.69) is 31.2 Å². The van der Waals surface area contributed by atoms with Crippen molar-refractivity contribution in [1.82, 2.24) is 9.97 Å². The van der Waals surface area contributed by atoms with Gasteiger partial charge in [0.25, 0.3) is 0 Å². The van der Waals surface area contributed by atoms with Gasteiger partial charge in [-0.3, -0.25) is 0 Å². The molecule has 4 nitrogen and oxygen atoms in total. The Balaban J connectivity index is 2.31. The molecule has 0 atom stereocenters. The molecular weight excluding hydrogens is 313 g/mol. The van der Waals surface area contributed by atoms with Crippen LogP contribution in [0.1, 0.15) is 12.5 Å². The fourth-order valence-corrected chi connectivity index (χ4v) is 1.76. The molecule has 0 saturated heterocycles. The van der Waals surface area contributed by atoms with Crippen molar-refractivity contribution in [3.8, 4) is 11.6 Å². The first-order valence-corrected chi connectivity index (χ1v) is 6.60. The topological polar surface area (TPSA) is 47.0 Å². The van der Waals surface area contributed by atoms with E-state index in [9.17, 15) is 4.39 Å². The number of ether oxygens (including phenoxy) is 1. The van der Waals surface area contributed by atoms with Crippen molar-refractivity contribution in [1.29, 1.82) is 0 Å². The van der Waals surface area contributed by atoms with Gasteiger partial charge in [-0.25, -0.2) is 9.37 Å². The van der Waals surface area contributed by atoms with Crippen LogP contribution in [0.2, 0.25) is 0 Å². The zero-order valence-corrected chi connectivity index (χ0v) is 12.2. The second kappa shape index (κ2) is 5.97. The lowest BCUT2D eigenvalue weighted by molar-refractivity contribution is 0.450. The second-order valence-corrected chi connectivity index (χ2v) is 4.74. The normalized spacial score (nSPS) is 10.3. The molecule has 0 bridgehead atoms. The van der Waals surface area contributed by atoms with Gasteiger partial charge >= 0.3 is 0 Å². The number of aromatic nitrogens is 2. The van der Waals surface area contributed by atoms with Crippen LogP contribution in [0.15, 0.2) is 28.9 Å². The van der Waals surface area contributed by atoms with Crippen molar-refractivity contribution < 1.29 is 9.13 Å². The highest BCUT2D eigenvalue weighted by atomic mass is 79.9. The van der Waals surface area contributed by atoms with Crippen molar-refractivity contribution in [3.05, 3.63) is 40.2 Å². The average Bonchev–Trinajstić information content (AvgIpc) is 2.38. The van der Waals surface area contributed by atoms with Crippen molar-refractivity contribution in [2.75, 3.05) is 11.9 Å². The number of hydrogen-bond donors (Lipinski definition) is 1. The predicted molar refractivity (Wildman–Crippen MR) is 75.1 cm³/mol. The molecule has 0 radical (unpaired) electrons. The molecule has 0 saturated carbocycles. The van der Waals surface area contributed by atoms with E-state index < -0.39 is 0 Å². The lowest BCUT2D eigenvalue weighted by Crippen LogP contribution is -2.03. The zero-order chi connectivity index (χ0) is 13.8. The molecule has 6 heteroatoms. The third-order valence-corrected chi connectivity index (χ3v) is 3.02. The van der Waals surface area contributed by atoms with Gasteiger partial charge in [0.2, 0.25) is 11.8 Å². The van der Waals surface area contributed by atoms with E-state index in [1.807, 2.05) is 13.8 Å². The Morgan fingerprint density at radius 2 is 2.21 bits per heavy atom. The van der Waals surface area contributed by atoms with E-state index in [0.717, 1.165) is 5.56 Å². The number of hydrogen-bond acceptors (Lipinski definition) is 4. The number of rotatable bonds is 4. The maximum atomic E-state index is 13.2. The van der Waals surface area contributed by atoms with Gasteiger partial charge < -0.3 is 10.1 Å². The van der Waals surface area contributed by atoms with E-state index in [1.54, 1.807) is 12.3 Å². The Labute approximate surface area is 119 Å². The van der Waals surface area contributed by atoms with Crippen LogP contribution in [0.4, 0.5) is 10.3 Å². The minimum absolute atomic E-state index is 0.364. The average molecular weight is 326 g/mol. The molecule has 0 amide bonds. The minimum atomic E-state index is -0.364. The van der Waals surface area contributed by atoms with Crippen LogP contribution < -0.4 is 10.1 Å². The zero-order valence-electron chi connectivity index (χ0n) is 10.6. The summed E-state index contributed by atoms with van der Waals surface area (Å²) in [7, 11) is 0. The standard InChI is InChI=1S/C13H13BrFN3O/c1-3-16-13-17-7-8(2)12(18-13)19-11-6-9(15)4-5-10(11)14/h4-7H,3H2,1-2H3,(H,16,17,18). The first-order chi connectivity index (χ1) is 9.10. The van der Waals surface area contributed by atoms with Gasteiger partial charge in [-0.1, -0.05) is 0 Å². The molecule has 2 rings (SSSR count). The quantitative estimate of drug-likeness (QED) is 0.925. The summed E-state index contributed by atoms with van der Waals surface area (Å²) in [6, 6.07) is 4.25. The maximum absolute atomic E-state index is 13.2. The Morgan fingerprint density at radius 1 is 1.42 bits per heavy atom. The van der Waals surface area contributed by atoms with E-state index in [4.69, 9.17) is 4.74 Å². The van der Waals surface area contributed by atoms with Crippen LogP contribution in [0.3, 0.4) is 0 Å². The van der Waals surface area contributed by atoms with Crippen LogP contribution in [-0.4, -0.2) is 16.5 Å². The molecule has 0 aliphatic heterocycles. The lowest BCUT2D eigenvalue weighted by Gasteiger charge is -2.10. The Morgan fingerprint density at radius 3 is 2.95 bits per heavy atom. The molecule has 1 aromatic carbocycles. The lowest BCUT2D eigenvalue weighted by atomic mass is 10.3. The van der Waals surface area contributed by atoms with Gasteiger partial charge in [-0.05, 0) is 41.9 Å². The Bertz CT molecular complexity index is 592. The maximum Gasteiger partial charge on any atom is 0.227 e. The van der Waals surface area contributed by atoms with Gasteiger partial charge in [0.15, 0.2) is 0 Å². The molecule has 1 aromatic heterocycles. The molecule has 0 spiro atoms. The van der Waals surface area contributed by atoms with Crippen molar-refractivity contribution in [2.24, 2.45) is 0 Å². The van der Waals surface area contributed by atoms with Gasteiger partial charge in [-0.15, -0.1) is 0 Å². The summed E-state index contributed by atoms with van der Waals surface area (Å²) in [5, 5.41) is 3.00. The highest BCUT2D eigenvalue weighted by Gasteiger charge is 2.09. The first-order valence-electron chi connectivity index (χ1n) is 5.80. The van der Waals surface area contributed by atoms with Crippen LogP contribution >= 0.6 is 15.9 Å². The molecule has 100 valence electrons. The summed E-state index contributed by atoms with van der Waals surface area (Å²) in [5.74, 6) is 0.897. The minimum Gasteiger partial charge on any atom is -0.437 e. The summed E-state index contributed by atoms with van der Waals surface area (Å²) in [6.07, 6.45) is 1.66. The summed E-state index contributed by atoms with van der Waals surface area (Å²) in [6.45, 7) is 4.50. The highest BCUT2D eigenvalue weighted by molar-refractivity contribution is 9.10. The molecule has 0 fully saturated rings. The van der Waals surface area contributed by atoms with Crippen LogP contribution in [0, 0.1) is 12.7 Å². The number of benzene rings is 1. The first kappa shape index (κ1) is 13.7. The number of nitrogens with zero attached hydrogens (tertiary/aromatic N) is 2. The monoisotopic (exact) mass is 325 g/mol. The number of halogens is 2. The summed E-state index contributed by atoms with van der Waals surface area (Å²) in [4.78, 5) is 8.36.